The number of carbonyl (C=O) groups is 1. The lowest BCUT2D eigenvalue weighted by molar-refractivity contribution is 0.0715. The van der Waals surface area contributed by atoms with Gasteiger partial charge in [-0.25, -0.2) is 4.39 Å². The fraction of sp³-hybridized carbons (Fsp3) is 0.292. The third kappa shape index (κ3) is 5.33. The zero-order chi connectivity index (χ0) is 20.6. The molecule has 1 amide bonds. The molecule has 152 valence electrons. The summed E-state index contributed by atoms with van der Waals surface area (Å²) in [5.41, 5.74) is 3.57. The van der Waals surface area contributed by atoms with Crippen LogP contribution in [0.25, 0.3) is 0 Å². The third-order valence-electron chi connectivity index (χ3n) is 5.05. The number of methoxy groups -OCH3 is 1. The van der Waals surface area contributed by atoms with Gasteiger partial charge in [0.2, 0.25) is 0 Å². The van der Waals surface area contributed by atoms with Gasteiger partial charge >= 0.3 is 0 Å². The molecule has 0 bridgehead atoms. The Hall–Kier alpha value is -2.92. The Morgan fingerprint density at radius 1 is 1.07 bits per heavy atom. The Balaban J connectivity index is 1.81. The molecule has 0 aliphatic heterocycles. The summed E-state index contributed by atoms with van der Waals surface area (Å²) in [6, 6.07) is 18.4. The first-order valence-corrected chi connectivity index (χ1v) is 9.81. The second-order valence-electron chi connectivity index (χ2n) is 7.11. The van der Waals surface area contributed by atoms with Gasteiger partial charge in [0.05, 0.1) is 12.1 Å². The lowest BCUT2D eigenvalue weighted by Crippen LogP contribution is -2.33. The SMILES string of the molecule is COCCCN(Cc1cccn1Cc1ccccc1C)C(=O)c1ccccc1F. The summed E-state index contributed by atoms with van der Waals surface area (Å²) in [6.45, 7) is 4.28. The molecular formula is C24H27FN2O2. The monoisotopic (exact) mass is 394 g/mol. The van der Waals surface area contributed by atoms with Gasteiger partial charge in [0.15, 0.2) is 0 Å². The van der Waals surface area contributed by atoms with Crippen molar-refractivity contribution in [2.24, 2.45) is 0 Å². The van der Waals surface area contributed by atoms with E-state index in [9.17, 15) is 9.18 Å². The molecular weight excluding hydrogens is 367 g/mol. The molecule has 4 nitrogen and oxygen atoms in total. The summed E-state index contributed by atoms with van der Waals surface area (Å²) in [5.74, 6) is -0.799. The number of benzene rings is 2. The van der Waals surface area contributed by atoms with Crippen molar-refractivity contribution in [2.75, 3.05) is 20.3 Å². The highest BCUT2D eigenvalue weighted by Gasteiger charge is 2.20. The molecule has 0 aliphatic carbocycles. The van der Waals surface area contributed by atoms with Crippen molar-refractivity contribution in [3.05, 3.63) is 95.1 Å². The highest BCUT2D eigenvalue weighted by atomic mass is 19.1. The summed E-state index contributed by atoms with van der Waals surface area (Å²) in [7, 11) is 1.64. The Kier molecular flexibility index (Phi) is 7.19. The normalized spacial score (nSPS) is 10.9. The zero-order valence-electron chi connectivity index (χ0n) is 17.0. The number of rotatable bonds is 9. The number of ether oxygens (including phenoxy) is 1. The average molecular weight is 394 g/mol. The van der Waals surface area contributed by atoms with E-state index in [-0.39, 0.29) is 11.5 Å². The second kappa shape index (κ2) is 10.0. The fourth-order valence-corrected chi connectivity index (χ4v) is 3.37. The molecule has 0 aliphatic rings. The molecule has 2 aromatic carbocycles. The smallest absolute Gasteiger partial charge is 0.257 e. The average Bonchev–Trinajstić information content (AvgIpc) is 3.15. The van der Waals surface area contributed by atoms with E-state index in [0.29, 0.717) is 26.1 Å². The molecule has 0 unspecified atom stereocenters. The predicted molar refractivity (Wildman–Crippen MR) is 112 cm³/mol. The van der Waals surface area contributed by atoms with Crippen molar-refractivity contribution < 1.29 is 13.9 Å². The molecule has 0 spiro atoms. The molecule has 3 aromatic rings. The van der Waals surface area contributed by atoms with Crippen LogP contribution in [0.4, 0.5) is 4.39 Å². The van der Waals surface area contributed by atoms with Crippen LogP contribution in [0.2, 0.25) is 0 Å². The highest BCUT2D eigenvalue weighted by Crippen LogP contribution is 2.17. The van der Waals surface area contributed by atoms with Crippen LogP contribution in [-0.2, 0) is 17.8 Å². The number of halogens is 1. The van der Waals surface area contributed by atoms with E-state index in [1.165, 1.54) is 23.3 Å². The summed E-state index contributed by atoms with van der Waals surface area (Å²) < 4.78 is 21.5. The van der Waals surface area contributed by atoms with Crippen molar-refractivity contribution in [1.82, 2.24) is 9.47 Å². The summed E-state index contributed by atoms with van der Waals surface area (Å²) in [5, 5.41) is 0. The topological polar surface area (TPSA) is 34.5 Å². The van der Waals surface area contributed by atoms with Gasteiger partial charge in [-0.2, -0.15) is 0 Å². The number of hydrogen-bond donors (Lipinski definition) is 0. The minimum Gasteiger partial charge on any atom is -0.385 e. The maximum atomic E-state index is 14.2. The van der Waals surface area contributed by atoms with Gasteiger partial charge in [-0.15, -0.1) is 0 Å². The molecule has 0 saturated carbocycles. The Morgan fingerprint density at radius 2 is 1.83 bits per heavy atom. The maximum absolute atomic E-state index is 14.2. The molecule has 29 heavy (non-hydrogen) atoms. The number of carbonyl (C=O) groups excluding carboxylic acids is 1. The quantitative estimate of drug-likeness (QED) is 0.495. The zero-order valence-corrected chi connectivity index (χ0v) is 17.0. The van der Waals surface area contributed by atoms with E-state index in [1.54, 1.807) is 24.1 Å². The fourth-order valence-electron chi connectivity index (χ4n) is 3.37. The van der Waals surface area contributed by atoms with E-state index >= 15 is 0 Å². The molecule has 0 N–H and O–H groups in total. The lowest BCUT2D eigenvalue weighted by Gasteiger charge is -2.24. The van der Waals surface area contributed by atoms with Crippen molar-refractivity contribution in [3.8, 4) is 0 Å². The largest absolute Gasteiger partial charge is 0.385 e. The predicted octanol–water partition coefficient (Wildman–Crippen LogP) is 4.66. The van der Waals surface area contributed by atoms with E-state index in [2.05, 4.69) is 23.6 Å². The molecule has 0 fully saturated rings. The second-order valence-corrected chi connectivity index (χ2v) is 7.11. The van der Waals surface area contributed by atoms with Crippen molar-refractivity contribution in [1.29, 1.82) is 0 Å². The van der Waals surface area contributed by atoms with Gasteiger partial charge in [0.25, 0.3) is 5.91 Å². The summed E-state index contributed by atoms with van der Waals surface area (Å²) >= 11 is 0. The van der Waals surface area contributed by atoms with Crippen molar-refractivity contribution >= 4 is 5.91 Å². The van der Waals surface area contributed by atoms with Gasteiger partial charge < -0.3 is 14.2 Å². The van der Waals surface area contributed by atoms with Gasteiger partial charge in [-0.1, -0.05) is 36.4 Å². The first kappa shape index (κ1) is 20.8. The maximum Gasteiger partial charge on any atom is 0.257 e. The highest BCUT2D eigenvalue weighted by molar-refractivity contribution is 5.94. The van der Waals surface area contributed by atoms with Crippen LogP contribution < -0.4 is 0 Å². The lowest BCUT2D eigenvalue weighted by atomic mass is 10.1. The molecule has 0 saturated heterocycles. The Labute approximate surface area is 171 Å². The van der Waals surface area contributed by atoms with Gasteiger partial charge in [0, 0.05) is 38.7 Å². The molecule has 1 aromatic heterocycles. The van der Waals surface area contributed by atoms with Crippen LogP contribution in [0.1, 0.15) is 33.6 Å². The minimum atomic E-state index is -0.496. The summed E-state index contributed by atoms with van der Waals surface area (Å²) in [4.78, 5) is 14.7. The molecule has 1 heterocycles. The molecule has 0 radical (unpaired) electrons. The molecule has 3 rings (SSSR count). The standard InChI is InChI=1S/C24H27FN2O2/c1-19-9-3-4-10-20(19)17-26-14-7-11-21(26)18-27(15-8-16-29-2)24(28)22-12-5-6-13-23(22)25/h3-7,9-14H,8,15-18H2,1-2H3. The van der Waals surface area contributed by atoms with Crippen molar-refractivity contribution in [2.45, 2.75) is 26.4 Å². The number of nitrogens with zero attached hydrogens (tertiary/aromatic N) is 2. The van der Waals surface area contributed by atoms with Gasteiger partial charge in [-0.05, 0) is 48.7 Å². The van der Waals surface area contributed by atoms with Gasteiger partial charge in [0.1, 0.15) is 5.82 Å². The van der Waals surface area contributed by atoms with E-state index < -0.39 is 5.82 Å². The van der Waals surface area contributed by atoms with Crippen LogP contribution in [0.15, 0.2) is 66.9 Å². The molecule has 5 heteroatoms. The summed E-state index contributed by atoms with van der Waals surface area (Å²) in [6.07, 6.45) is 2.71. The van der Waals surface area contributed by atoms with Crippen LogP contribution in [0, 0.1) is 12.7 Å². The minimum absolute atomic E-state index is 0.0990. The first-order chi connectivity index (χ1) is 14.1. The number of amides is 1. The third-order valence-corrected chi connectivity index (χ3v) is 5.05. The van der Waals surface area contributed by atoms with E-state index in [0.717, 1.165) is 12.2 Å². The van der Waals surface area contributed by atoms with E-state index in [1.807, 2.05) is 30.5 Å². The van der Waals surface area contributed by atoms with E-state index in [4.69, 9.17) is 4.74 Å². The van der Waals surface area contributed by atoms with Crippen LogP contribution >= 0.6 is 0 Å². The van der Waals surface area contributed by atoms with Crippen LogP contribution in [-0.4, -0.2) is 35.6 Å². The Morgan fingerprint density at radius 3 is 2.59 bits per heavy atom. The number of aromatic nitrogens is 1. The van der Waals surface area contributed by atoms with Crippen LogP contribution in [0.5, 0.6) is 0 Å². The first-order valence-electron chi connectivity index (χ1n) is 9.81. The molecule has 0 atom stereocenters. The Bertz CT molecular complexity index is 951. The van der Waals surface area contributed by atoms with Gasteiger partial charge in [-0.3, -0.25) is 4.79 Å². The number of aryl methyl sites for hydroxylation is 1. The number of hydrogen-bond acceptors (Lipinski definition) is 2. The van der Waals surface area contributed by atoms with Crippen molar-refractivity contribution in [3.63, 3.8) is 0 Å². The van der Waals surface area contributed by atoms with Crippen LogP contribution in [0.3, 0.4) is 0 Å².